The molecule has 2 fully saturated rings. The average molecular weight is 487 g/mol. The third kappa shape index (κ3) is 3.40. The number of halogens is 1. The van der Waals surface area contributed by atoms with Gasteiger partial charge in [0.15, 0.2) is 18.0 Å². The number of esters is 2. The van der Waals surface area contributed by atoms with E-state index >= 15 is 4.39 Å². The molecule has 190 valence electrons. The summed E-state index contributed by atoms with van der Waals surface area (Å²) in [6.07, 6.45) is 9.73. The van der Waals surface area contributed by atoms with E-state index in [1.54, 1.807) is 38.2 Å². The smallest absolute Gasteiger partial charge is 0.306 e. The van der Waals surface area contributed by atoms with E-state index in [1.165, 1.54) is 6.08 Å². The van der Waals surface area contributed by atoms with Gasteiger partial charge < -0.3 is 9.47 Å². The van der Waals surface area contributed by atoms with Crippen LogP contribution in [0.5, 0.6) is 0 Å². The van der Waals surface area contributed by atoms with E-state index < -0.39 is 58.3 Å². The fourth-order valence-corrected chi connectivity index (χ4v) is 7.30. The minimum Gasteiger partial charge on any atom is -0.457 e. The predicted octanol–water partition coefficient (Wildman–Crippen LogP) is 4.62. The number of Topliss-reactive ketones (excluding diaryl/α,β-unsaturated/α-hetero) is 1. The first-order valence-electron chi connectivity index (χ1n) is 12.6. The molecule has 0 aromatic heterocycles. The van der Waals surface area contributed by atoms with Crippen LogP contribution in [0.1, 0.15) is 66.7 Å². The third-order valence-electron chi connectivity index (χ3n) is 9.29. The summed E-state index contributed by atoms with van der Waals surface area (Å²) < 4.78 is 28.3. The number of carbonyl (C=O) groups excluding carboxylic acids is 4. The maximum atomic E-state index is 17.1. The normalized spacial score (nSPS) is 41.4. The lowest BCUT2D eigenvalue weighted by Crippen LogP contribution is -2.63. The van der Waals surface area contributed by atoms with Crippen molar-refractivity contribution < 1.29 is 33.0 Å². The highest BCUT2D eigenvalue weighted by Gasteiger charge is 2.73. The third-order valence-corrected chi connectivity index (χ3v) is 9.29. The number of ketones is 2. The molecule has 6 nitrogen and oxygen atoms in total. The number of allylic oxidation sites excluding steroid dienone is 5. The Labute approximate surface area is 206 Å². The van der Waals surface area contributed by atoms with Crippen molar-refractivity contribution in [2.75, 3.05) is 6.61 Å². The Balaban J connectivity index is 1.81. The molecule has 0 aromatic rings. The molecule has 7 heteroatoms. The predicted molar refractivity (Wildman–Crippen MR) is 127 cm³/mol. The standard InChI is InChI=1S/C28H35FO6/c1-6-23(32)34-16-22(31)28(35-24(33)7-2)17(3)14-21-20-9-8-18-15-19(30)10-11-25(18,4)27(20,29)13-12-26(21,28)5/h10-13,15,17,20-21H,6-9,14,16H2,1-5H3/t17-,20+,21+,25+,26+,27-,28-/m1/s1. The Morgan fingerprint density at radius 2 is 1.74 bits per heavy atom. The molecule has 0 saturated heterocycles. The topological polar surface area (TPSA) is 86.7 Å². The van der Waals surface area contributed by atoms with Gasteiger partial charge in [-0.05, 0) is 50.3 Å². The van der Waals surface area contributed by atoms with Crippen LogP contribution in [-0.2, 0) is 28.7 Å². The van der Waals surface area contributed by atoms with Gasteiger partial charge in [-0.3, -0.25) is 19.2 Å². The van der Waals surface area contributed by atoms with Crippen LogP contribution in [0.3, 0.4) is 0 Å². The molecule has 4 aliphatic carbocycles. The van der Waals surface area contributed by atoms with Crippen LogP contribution in [0.25, 0.3) is 0 Å². The molecule has 4 aliphatic rings. The lowest BCUT2D eigenvalue weighted by atomic mass is 9.48. The Bertz CT molecular complexity index is 1060. The van der Waals surface area contributed by atoms with Crippen LogP contribution in [0.2, 0.25) is 0 Å². The van der Waals surface area contributed by atoms with Crippen molar-refractivity contribution in [2.24, 2.45) is 28.6 Å². The minimum atomic E-state index is -1.75. The summed E-state index contributed by atoms with van der Waals surface area (Å²) in [6.45, 7) is 8.36. The highest BCUT2D eigenvalue weighted by atomic mass is 19.1. The van der Waals surface area contributed by atoms with E-state index in [2.05, 4.69) is 0 Å². The van der Waals surface area contributed by atoms with Crippen molar-refractivity contribution in [2.45, 2.75) is 78.0 Å². The summed E-state index contributed by atoms with van der Waals surface area (Å²) in [4.78, 5) is 50.2. The highest BCUT2D eigenvalue weighted by molar-refractivity contribution is 6.01. The van der Waals surface area contributed by atoms with E-state index in [0.29, 0.717) is 19.3 Å². The fraction of sp³-hybridized carbons (Fsp3) is 0.643. The van der Waals surface area contributed by atoms with Crippen molar-refractivity contribution in [1.29, 1.82) is 0 Å². The molecule has 0 aromatic carbocycles. The molecule has 0 aliphatic heterocycles. The molecular formula is C28H35FO6. The zero-order chi connectivity index (χ0) is 25.8. The van der Waals surface area contributed by atoms with Gasteiger partial charge >= 0.3 is 11.9 Å². The molecule has 35 heavy (non-hydrogen) atoms. The van der Waals surface area contributed by atoms with Crippen molar-refractivity contribution in [3.8, 4) is 0 Å². The largest absolute Gasteiger partial charge is 0.457 e. The average Bonchev–Trinajstić information content (AvgIpc) is 3.05. The summed E-state index contributed by atoms with van der Waals surface area (Å²) in [5.41, 5.74) is -4.46. The minimum absolute atomic E-state index is 0.0858. The number of alkyl halides is 1. The quantitative estimate of drug-likeness (QED) is 0.402. The Kier molecular flexibility index (Phi) is 6.22. The van der Waals surface area contributed by atoms with Gasteiger partial charge in [0.1, 0.15) is 5.67 Å². The summed E-state index contributed by atoms with van der Waals surface area (Å²) in [5.74, 6) is -2.75. The summed E-state index contributed by atoms with van der Waals surface area (Å²) >= 11 is 0. The first-order valence-corrected chi connectivity index (χ1v) is 12.6. The Morgan fingerprint density at radius 3 is 2.40 bits per heavy atom. The molecule has 0 spiro atoms. The van der Waals surface area contributed by atoms with Crippen LogP contribution in [0.15, 0.2) is 36.0 Å². The van der Waals surface area contributed by atoms with Gasteiger partial charge in [-0.2, -0.15) is 0 Å². The molecule has 2 saturated carbocycles. The second-order valence-electron chi connectivity index (χ2n) is 10.9. The van der Waals surface area contributed by atoms with E-state index in [9.17, 15) is 19.2 Å². The molecule has 0 bridgehead atoms. The SMILES string of the molecule is CCC(=O)OCC(=O)[C@]1(OC(=O)CC)[C@H](C)C[C@H]2[C@@H]3CCC4=CC(=O)C=C[C@]4(C)[C@@]3(F)C=C[C@@]21C. The van der Waals surface area contributed by atoms with E-state index in [0.717, 1.165) is 5.57 Å². The number of fused-ring (bicyclic) bond motifs is 5. The first kappa shape index (κ1) is 25.5. The molecular weight excluding hydrogens is 451 g/mol. The van der Waals surface area contributed by atoms with Gasteiger partial charge in [-0.25, -0.2) is 4.39 Å². The highest BCUT2D eigenvalue weighted by Crippen LogP contribution is 2.69. The maximum absolute atomic E-state index is 17.1. The van der Waals surface area contributed by atoms with Crippen molar-refractivity contribution >= 4 is 23.5 Å². The van der Waals surface area contributed by atoms with Gasteiger partial charge in [-0.15, -0.1) is 0 Å². The zero-order valence-electron chi connectivity index (χ0n) is 21.2. The fourth-order valence-electron chi connectivity index (χ4n) is 7.30. The van der Waals surface area contributed by atoms with Crippen LogP contribution in [-0.4, -0.2) is 41.4 Å². The summed E-state index contributed by atoms with van der Waals surface area (Å²) in [7, 11) is 0. The van der Waals surface area contributed by atoms with Crippen LogP contribution >= 0.6 is 0 Å². The molecule has 0 N–H and O–H groups in total. The number of carbonyl (C=O) groups is 4. The van der Waals surface area contributed by atoms with Crippen LogP contribution < -0.4 is 0 Å². The molecule has 0 heterocycles. The first-order chi connectivity index (χ1) is 16.4. The second kappa shape index (κ2) is 8.52. The summed E-state index contributed by atoms with van der Waals surface area (Å²) in [5, 5.41) is 0. The lowest BCUT2D eigenvalue weighted by Gasteiger charge is -2.58. The van der Waals surface area contributed by atoms with Gasteiger partial charge in [0.2, 0.25) is 5.78 Å². The zero-order valence-corrected chi connectivity index (χ0v) is 21.2. The lowest BCUT2D eigenvalue weighted by molar-refractivity contribution is -0.189. The number of hydrogen-bond donors (Lipinski definition) is 0. The maximum Gasteiger partial charge on any atom is 0.306 e. The molecule has 0 unspecified atom stereocenters. The van der Waals surface area contributed by atoms with Crippen molar-refractivity contribution in [3.63, 3.8) is 0 Å². The number of ether oxygens (including phenoxy) is 2. The second-order valence-corrected chi connectivity index (χ2v) is 10.9. The van der Waals surface area contributed by atoms with Gasteiger partial charge in [0.05, 0.1) is 0 Å². The Morgan fingerprint density at radius 1 is 1.06 bits per heavy atom. The van der Waals surface area contributed by atoms with Crippen LogP contribution in [0, 0.1) is 28.6 Å². The summed E-state index contributed by atoms with van der Waals surface area (Å²) in [6, 6.07) is 0. The van der Waals surface area contributed by atoms with E-state index in [4.69, 9.17) is 9.47 Å². The van der Waals surface area contributed by atoms with Gasteiger partial charge in [0, 0.05) is 35.5 Å². The van der Waals surface area contributed by atoms with Crippen molar-refractivity contribution in [1.82, 2.24) is 0 Å². The molecule has 0 radical (unpaired) electrons. The van der Waals surface area contributed by atoms with Gasteiger partial charge in [-0.1, -0.05) is 45.4 Å². The Hall–Kier alpha value is -2.57. The monoisotopic (exact) mass is 486 g/mol. The van der Waals surface area contributed by atoms with Gasteiger partial charge in [0.25, 0.3) is 0 Å². The van der Waals surface area contributed by atoms with E-state index in [-0.39, 0.29) is 24.5 Å². The van der Waals surface area contributed by atoms with Crippen molar-refractivity contribution in [3.05, 3.63) is 36.0 Å². The number of hydrogen-bond acceptors (Lipinski definition) is 6. The molecule has 7 atom stereocenters. The van der Waals surface area contributed by atoms with Crippen LogP contribution in [0.4, 0.5) is 4.39 Å². The molecule has 4 rings (SSSR count). The number of rotatable bonds is 6. The molecule has 0 amide bonds. The van der Waals surface area contributed by atoms with E-state index in [1.807, 2.05) is 20.8 Å².